The van der Waals surface area contributed by atoms with Crippen LogP contribution < -0.4 is 0 Å². The summed E-state index contributed by atoms with van der Waals surface area (Å²) in [4.78, 5) is 29.6. The van der Waals surface area contributed by atoms with Gasteiger partial charge in [0.05, 0.1) is 15.9 Å². The van der Waals surface area contributed by atoms with E-state index in [2.05, 4.69) is 58.3 Å². The third-order valence-electron chi connectivity index (χ3n) is 10.7. The maximum absolute atomic E-state index is 13.4. The number of rotatable bonds is 6. The number of Topliss-reactive ketones (excluding diaryl/α,β-unsaturated/α-hetero) is 1. The molecule has 2 saturated carbocycles. The summed E-state index contributed by atoms with van der Waals surface area (Å²) in [5.41, 5.74) is 1.26. The van der Waals surface area contributed by atoms with Crippen molar-refractivity contribution in [3.63, 3.8) is 0 Å². The van der Waals surface area contributed by atoms with E-state index in [9.17, 15) is 22.6 Å². The van der Waals surface area contributed by atoms with Crippen LogP contribution in [0.5, 0.6) is 0 Å². The summed E-state index contributed by atoms with van der Waals surface area (Å²) in [5.74, 6) is 2.32. The molecule has 220 valence electrons. The fourth-order valence-electron chi connectivity index (χ4n) is 8.37. The van der Waals surface area contributed by atoms with Crippen molar-refractivity contribution in [2.45, 2.75) is 76.4 Å². The van der Waals surface area contributed by atoms with Crippen molar-refractivity contribution in [2.24, 2.45) is 16.7 Å². The Bertz CT molecular complexity index is 1400. The van der Waals surface area contributed by atoms with E-state index in [-0.39, 0.29) is 23.1 Å². The molecule has 2 bridgehead atoms. The van der Waals surface area contributed by atoms with Crippen molar-refractivity contribution in [3.8, 4) is 0 Å². The van der Waals surface area contributed by atoms with Gasteiger partial charge in [-0.1, -0.05) is 74.5 Å². The second kappa shape index (κ2) is 10.7. The highest BCUT2D eigenvalue weighted by Crippen LogP contribution is 2.64. The lowest BCUT2D eigenvalue weighted by Gasteiger charge is -2.37. The number of fused-ring (bicyclic) bond motifs is 5. The van der Waals surface area contributed by atoms with Crippen molar-refractivity contribution in [1.82, 2.24) is 9.80 Å². The van der Waals surface area contributed by atoms with Gasteiger partial charge in [0, 0.05) is 31.3 Å². The van der Waals surface area contributed by atoms with Crippen molar-refractivity contribution < 1.29 is 22.6 Å². The van der Waals surface area contributed by atoms with Gasteiger partial charge in [-0.3, -0.25) is 4.79 Å². The number of benzene rings is 2. The van der Waals surface area contributed by atoms with Gasteiger partial charge in [0.2, 0.25) is 0 Å². The molecule has 3 aliphatic heterocycles. The van der Waals surface area contributed by atoms with Crippen LogP contribution >= 0.6 is 0 Å². The molecule has 5 unspecified atom stereocenters. The molecule has 0 radical (unpaired) electrons. The second-order valence-electron chi connectivity index (χ2n) is 13.0. The molecule has 3 saturated heterocycles. The van der Waals surface area contributed by atoms with E-state index in [1.54, 1.807) is 0 Å². The van der Waals surface area contributed by atoms with E-state index >= 15 is 0 Å². The van der Waals surface area contributed by atoms with Crippen LogP contribution in [0.2, 0.25) is 0 Å². The monoisotopic (exact) mass is 596 g/mol. The van der Waals surface area contributed by atoms with Gasteiger partial charge in [-0.2, -0.15) is 0 Å². The Morgan fingerprint density at radius 2 is 1.54 bits per heavy atom. The van der Waals surface area contributed by atoms with E-state index < -0.39 is 21.3 Å². The molecule has 5 aliphatic rings. The van der Waals surface area contributed by atoms with Gasteiger partial charge >= 0.3 is 6.03 Å². The number of ketones is 1. The minimum atomic E-state index is -4.33. The first-order valence-corrected chi connectivity index (χ1v) is 18.0. The first-order chi connectivity index (χ1) is 19.5. The molecule has 2 aromatic rings. The third-order valence-corrected chi connectivity index (χ3v) is 14.5. The molecule has 7 rings (SSSR count). The Morgan fingerprint density at radius 1 is 0.927 bits per heavy atom. The Hall–Kier alpha value is -2.36. The molecule has 41 heavy (non-hydrogen) atoms. The Balaban J connectivity index is 0.000000172. The van der Waals surface area contributed by atoms with Gasteiger partial charge in [0.25, 0.3) is 0 Å². The van der Waals surface area contributed by atoms with Crippen LogP contribution in [-0.4, -0.2) is 69.2 Å². The van der Waals surface area contributed by atoms with Crippen molar-refractivity contribution in [2.75, 3.05) is 17.3 Å². The van der Waals surface area contributed by atoms with Crippen LogP contribution in [-0.2, 0) is 38.9 Å². The zero-order valence-corrected chi connectivity index (χ0v) is 25.5. The number of hydrogen-bond donors (Lipinski definition) is 0. The second-order valence-corrected chi connectivity index (χ2v) is 16.9. The van der Waals surface area contributed by atoms with Gasteiger partial charge in [-0.25, -0.2) is 13.2 Å². The van der Waals surface area contributed by atoms with E-state index in [1.165, 1.54) is 35.5 Å². The summed E-state index contributed by atoms with van der Waals surface area (Å²) in [6.45, 7) is 5.33. The number of carbonyl (C=O) groups excluding carboxylic acids is 2. The number of hydrogen-bond acceptors (Lipinski definition) is 5. The van der Waals surface area contributed by atoms with Crippen LogP contribution in [0.25, 0.3) is 0 Å². The summed E-state index contributed by atoms with van der Waals surface area (Å²) >= 11 is 0. The Kier molecular flexibility index (Phi) is 7.52. The predicted octanol–water partition coefficient (Wildman–Crippen LogP) is 4.58. The first kappa shape index (κ1) is 28.7. The fourth-order valence-corrected chi connectivity index (χ4v) is 12.9. The molecule has 2 aliphatic carbocycles. The molecule has 2 aromatic carbocycles. The highest BCUT2D eigenvalue weighted by molar-refractivity contribution is 7.98. The maximum atomic E-state index is 13.4. The summed E-state index contributed by atoms with van der Waals surface area (Å²) in [7, 11) is -3.81. The van der Waals surface area contributed by atoms with Crippen molar-refractivity contribution in [3.05, 3.63) is 71.8 Å². The van der Waals surface area contributed by atoms with E-state index in [1.807, 2.05) is 26.0 Å². The van der Waals surface area contributed by atoms with E-state index in [0.29, 0.717) is 35.8 Å². The zero-order chi connectivity index (χ0) is 29.0. The molecule has 5 fully saturated rings. The van der Waals surface area contributed by atoms with Gasteiger partial charge in [0.15, 0.2) is 0 Å². The highest BCUT2D eigenvalue weighted by Gasteiger charge is 2.65. The van der Waals surface area contributed by atoms with Crippen molar-refractivity contribution in [1.29, 1.82) is 0 Å². The smallest absolute Gasteiger partial charge is 0.321 e. The summed E-state index contributed by atoms with van der Waals surface area (Å²) in [6, 6.07) is 22.0. The SMILES string of the molecule is CC1(C)C2CC[C@]1(CS(=O)(=O)[O-])C(=O)C2.O=C1N(Cc2ccccc2)C2C[S+]3CCCC3C2N1Cc1ccccc1. The first-order valence-electron chi connectivity index (χ1n) is 14.8. The van der Waals surface area contributed by atoms with Crippen LogP contribution in [0.1, 0.15) is 57.1 Å². The maximum Gasteiger partial charge on any atom is 0.321 e. The lowest BCUT2D eigenvalue weighted by atomic mass is 9.70. The van der Waals surface area contributed by atoms with Crippen LogP contribution in [0.15, 0.2) is 60.7 Å². The number of nitrogens with zero attached hydrogens (tertiary/aromatic N) is 2. The molecule has 0 aromatic heterocycles. The van der Waals surface area contributed by atoms with Crippen molar-refractivity contribution >= 4 is 32.8 Å². The van der Waals surface area contributed by atoms with E-state index in [4.69, 9.17) is 0 Å². The van der Waals surface area contributed by atoms with Gasteiger partial charge in [-0.15, -0.1) is 0 Å². The molecular formula is C32H40N2O5S2. The highest BCUT2D eigenvalue weighted by atomic mass is 32.2. The van der Waals surface area contributed by atoms with Gasteiger partial charge in [0.1, 0.15) is 34.6 Å². The minimum absolute atomic E-state index is 0.0248. The lowest BCUT2D eigenvalue weighted by molar-refractivity contribution is -0.128. The number of carbonyl (C=O) groups is 2. The molecule has 9 heteroatoms. The topological polar surface area (TPSA) is 97.8 Å². The standard InChI is InChI=1S/C22H25N2OS.C10H16O4S/c25-22-23(14-17-8-3-1-4-9-17)19-16-26-13-7-12-20(26)21(19)24(22)15-18-10-5-2-6-11-18;1-9(2)7-3-4-10(9,8(11)5-7)6-15(12,13)14/h1-6,8-11,19-21H,7,12-16H2;7H,3-6H2,1-2H3,(H,12,13,14)/q+1;/p-1/t;7?,10-/m.0/s1. The number of amides is 2. The minimum Gasteiger partial charge on any atom is -0.748 e. The average Bonchev–Trinajstić information content (AvgIpc) is 3.67. The van der Waals surface area contributed by atoms with Crippen LogP contribution in [0, 0.1) is 16.7 Å². The zero-order valence-electron chi connectivity index (χ0n) is 23.9. The third kappa shape index (κ3) is 5.12. The molecule has 0 N–H and O–H groups in total. The normalized spacial score (nSPS) is 33.1. The lowest BCUT2D eigenvalue weighted by Crippen LogP contribution is -2.42. The molecule has 2 amide bonds. The Morgan fingerprint density at radius 3 is 2.07 bits per heavy atom. The molecule has 0 spiro atoms. The van der Waals surface area contributed by atoms with Gasteiger partial charge < -0.3 is 14.4 Å². The Labute approximate surface area is 246 Å². The summed E-state index contributed by atoms with van der Waals surface area (Å²) in [5, 5.41) is 0.730. The van der Waals surface area contributed by atoms with Crippen LogP contribution in [0.3, 0.4) is 0 Å². The average molecular weight is 597 g/mol. The van der Waals surface area contributed by atoms with Crippen LogP contribution in [0.4, 0.5) is 4.79 Å². The molecule has 6 atom stereocenters. The van der Waals surface area contributed by atoms with E-state index in [0.717, 1.165) is 24.8 Å². The summed E-state index contributed by atoms with van der Waals surface area (Å²) in [6.07, 6.45) is 4.53. The molecule has 7 nitrogen and oxygen atoms in total. The largest absolute Gasteiger partial charge is 0.748 e. The van der Waals surface area contributed by atoms with Gasteiger partial charge in [-0.05, 0) is 52.6 Å². The summed E-state index contributed by atoms with van der Waals surface area (Å²) < 4.78 is 32.7. The quantitative estimate of drug-likeness (QED) is 0.276. The number of urea groups is 1. The fraction of sp³-hybridized carbons (Fsp3) is 0.562. The molecule has 3 heterocycles. The molecular weight excluding hydrogens is 556 g/mol. The predicted molar refractivity (Wildman–Crippen MR) is 160 cm³/mol.